The number of carbonyl (C=O) groups excluding carboxylic acids is 1. The normalized spacial score (nSPS) is 14.5. The number of carbonyl (C=O) groups is 1. The van der Waals surface area contributed by atoms with Crippen LogP contribution in [0.25, 0.3) is 10.9 Å². The van der Waals surface area contributed by atoms with Crippen LogP contribution >= 0.6 is 0 Å². The molecule has 7 heteroatoms. The van der Waals surface area contributed by atoms with Crippen molar-refractivity contribution >= 4 is 28.2 Å². The van der Waals surface area contributed by atoms with Gasteiger partial charge in [0, 0.05) is 48.6 Å². The molecule has 0 radical (unpaired) electrons. The molecule has 0 spiro atoms. The molecule has 4 N–H and O–H groups in total. The van der Waals surface area contributed by atoms with Crippen molar-refractivity contribution in [3.8, 4) is 5.75 Å². The molecule has 0 atom stereocenters. The third-order valence-corrected chi connectivity index (χ3v) is 5.82. The second kappa shape index (κ2) is 9.12. The number of ether oxygens (including phenoxy) is 1. The van der Waals surface area contributed by atoms with Crippen LogP contribution in [-0.2, 0) is 11.3 Å². The number of nitrogens with one attached hydrogen (secondary N) is 2. The first kappa shape index (κ1) is 20.8. The Morgan fingerprint density at radius 2 is 1.90 bits per heavy atom. The summed E-state index contributed by atoms with van der Waals surface area (Å²) in [4.78, 5) is 29.0. The first-order valence-electron chi connectivity index (χ1n) is 10.7. The van der Waals surface area contributed by atoms with E-state index in [4.69, 9.17) is 10.5 Å². The van der Waals surface area contributed by atoms with E-state index in [1.54, 1.807) is 0 Å². The summed E-state index contributed by atoms with van der Waals surface area (Å²) < 4.78 is 5.50. The number of H-pyrrole nitrogens is 1. The van der Waals surface area contributed by atoms with Gasteiger partial charge in [0.2, 0.25) is 5.91 Å². The second-order valence-electron chi connectivity index (χ2n) is 7.87. The van der Waals surface area contributed by atoms with Crippen LogP contribution in [0, 0.1) is 5.92 Å². The lowest BCUT2D eigenvalue weighted by atomic mass is 9.96. The van der Waals surface area contributed by atoms with E-state index in [0.29, 0.717) is 18.7 Å². The van der Waals surface area contributed by atoms with E-state index < -0.39 is 0 Å². The van der Waals surface area contributed by atoms with Gasteiger partial charge >= 0.3 is 0 Å². The summed E-state index contributed by atoms with van der Waals surface area (Å²) in [5.74, 6) is 0.538. The van der Waals surface area contributed by atoms with Gasteiger partial charge in [-0.3, -0.25) is 9.59 Å². The molecule has 3 aromatic rings. The maximum Gasteiger partial charge on any atom is 0.253 e. The lowest BCUT2D eigenvalue weighted by molar-refractivity contribution is -0.122. The summed E-state index contributed by atoms with van der Waals surface area (Å²) >= 11 is 0. The standard InChI is InChI=1S/C24H28N4O3/c1-2-31-21-8-3-17-13-18(24(30)27-22(17)14-21)15-26-19-4-6-20(7-5-19)28-11-9-16(10-12-28)23(25)29/h3-8,13-14,16,26H,2,9-12,15H2,1H3,(H2,25,29)(H,27,30). The second-order valence-corrected chi connectivity index (χ2v) is 7.87. The van der Waals surface area contributed by atoms with E-state index in [-0.39, 0.29) is 17.4 Å². The zero-order valence-electron chi connectivity index (χ0n) is 17.7. The number of aromatic nitrogens is 1. The Bertz CT molecular complexity index is 1120. The fourth-order valence-corrected chi connectivity index (χ4v) is 4.02. The number of piperidine rings is 1. The Morgan fingerprint density at radius 3 is 2.58 bits per heavy atom. The Hall–Kier alpha value is -3.48. The minimum atomic E-state index is -0.197. The minimum Gasteiger partial charge on any atom is -0.494 e. The van der Waals surface area contributed by atoms with Gasteiger partial charge in [-0.1, -0.05) is 0 Å². The molecule has 31 heavy (non-hydrogen) atoms. The molecule has 1 saturated heterocycles. The summed E-state index contributed by atoms with van der Waals surface area (Å²) in [6.45, 7) is 4.61. The number of hydrogen-bond acceptors (Lipinski definition) is 5. The van der Waals surface area contributed by atoms with E-state index in [1.807, 2.05) is 43.3 Å². The summed E-state index contributed by atoms with van der Waals surface area (Å²) in [6, 6.07) is 15.8. The van der Waals surface area contributed by atoms with Crippen molar-refractivity contribution in [1.29, 1.82) is 0 Å². The highest BCUT2D eigenvalue weighted by atomic mass is 16.5. The van der Waals surface area contributed by atoms with Gasteiger partial charge in [-0.2, -0.15) is 0 Å². The van der Waals surface area contributed by atoms with Crippen molar-refractivity contribution in [2.45, 2.75) is 26.3 Å². The highest BCUT2D eigenvalue weighted by Crippen LogP contribution is 2.25. The monoisotopic (exact) mass is 420 g/mol. The molecule has 2 aromatic carbocycles. The van der Waals surface area contributed by atoms with Crippen molar-refractivity contribution in [2.24, 2.45) is 11.7 Å². The molecule has 1 aromatic heterocycles. The molecule has 1 amide bonds. The SMILES string of the molecule is CCOc1ccc2cc(CNc3ccc(N4CCC(C(N)=O)CC4)cc3)c(=O)[nH]c2c1. The van der Waals surface area contributed by atoms with Crippen LogP contribution in [-0.4, -0.2) is 30.6 Å². The van der Waals surface area contributed by atoms with Crippen LogP contribution in [0.3, 0.4) is 0 Å². The van der Waals surface area contributed by atoms with Gasteiger partial charge in [0.15, 0.2) is 0 Å². The molecule has 1 aliphatic heterocycles. The van der Waals surface area contributed by atoms with E-state index in [0.717, 1.165) is 54.0 Å². The van der Waals surface area contributed by atoms with Crippen molar-refractivity contribution in [3.63, 3.8) is 0 Å². The lowest BCUT2D eigenvalue weighted by Gasteiger charge is -2.32. The quantitative estimate of drug-likeness (QED) is 0.545. The average molecular weight is 421 g/mol. The van der Waals surface area contributed by atoms with Gasteiger partial charge in [0.25, 0.3) is 5.56 Å². The van der Waals surface area contributed by atoms with Gasteiger partial charge in [0.05, 0.1) is 12.1 Å². The molecular formula is C24H28N4O3. The van der Waals surface area contributed by atoms with Crippen molar-refractivity contribution in [1.82, 2.24) is 4.98 Å². The highest BCUT2D eigenvalue weighted by Gasteiger charge is 2.23. The zero-order chi connectivity index (χ0) is 21.8. The number of hydrogen-bond donors (Lipinski definition) is 3. The van der Waals surface area contributed by atoms with Crippen LogP contribution in [0.4, 0.5) is 11.4 Å². The number of fused-ring (bicyclic) bond motifs is 1. The molecule has 7 nitrogen and oxygen atoms in total. The first-order chi connectivity index (χ1) is 15.0. The Balaban J connectivity index is 1.39. The molecule has 4 rings (SSSR count). The van der Waals surface area contributed by atoms with Crippen LogP contribution in [0.5, 0.6) is 5.75 Å². The Labute approximate surface area is 181 Å². The summed E-state index contributed by atoms with van der Waals surface area (Å²) in [5.41, 5.74) is 8.82. The predicted molar refractivity (Wildman–Crippen MR) is 124 cm³/mol. The number of anilines is 2. The number of nitrogens with two attached hydrogens (primary N) is 1. The van der Waals surface area contributed by atoms with Gasteiger partial charge in [-0.15, -0.1) is 0 Å². The Morgan fingerprint density at radius 1 is 1.16 bits per heavy atom. The predicted octanol–water partition coefficient (Wildman–Crippen LogP) is 3.24. The molecule has 2 heterocycles. The van der Waals surface area contributed by atoms with Crippen LogP contribution < -0.4 is 26.2 Å². The Kier molecular flexibility index (Phi) is 6.11. The molecule has 0 saturated carbocycles. The van der Waals surface area contributed by atoms with E-state index in [2.05, 4.69) is 27.3 Å². The molecule has 0 unspecified atom stereocenters. The van der Waals surface area contributed by atoms with E-state index in [9.17, 15) is 9.59 Å². The fraction of sp³-hybridized carbons (Fsp3) is 0.333. The number of pyridine rings is 1. The highest BCUT2D eigenvalue weighted by molar-refractivity contribution is 5.80. The minimum absolute atomic E-state index is 0.0111. The van der Waals surface area contributed by atoms with E-state index in [1.165, 1.54) is 0 Å². The number of benzene rings is 2. The van der Waals surface area contributed by atoms with Gasteiger partial charge in [0.1, 0.15) is 5.75 Å². The molecule has 162 valence electrons. The number of aromatic amines is 1. The van der Waals surface area contributed by atoms with Crippen molar-refractivity contribution < 1.29 is 9.53 Å². The van der Waals surface area contributed by atoms with Crippen LogP contribution in [0.15, 0.2) is 53.3 Å². The van der Waals surface area contributed by atoms with Gasteiger partial charge in [-0.05, 0) is 67.6 Å². The van der Waals surface area contributed by atoms with Crippen LogP contribution in [0.2, 0.25) is 0 Å². The summed E-state index contributed by atoms with van der Waals surface area (Å²) in [5, 5.41) is 4.29. The molecule has 0 bridgehead atoms. The smallest absolute Gasteiger partial charge is 0.253 e. The van der Waals surface area contributed by atoms with Crippen molar-refractivity contribution in [3.05, 3.63) is 64.4 Å². The summed E-state index contributed by atoms with van der Waals surface area (Å²) in [6.07, 6.45) is 1.60. The molecular weight excluding hydrogens is 392 g/mol. The average Bonchev–Trinajstić information content (AvgIpc) is 2.78. The van der Waals surface area contributed by atoms with E-state index >= 15 is 0 Å². The maximum absolute atomic E-state index is 12.5. The number of amides is 1. The molecule has 1 aliphatic rings. The zero-order valence-corrected chi connectivity index (χ0v) is 17.7. The fourth-order valence-electron chi connectivity index (χ4n) is 4.02. The third kappa shape index (κ3) is 4.82. The number of nitrogens with zero attached hydrogens (tertiary/aromatic N) is 1. The third-order valence-electron chi connectivity index (χ3n) is 5.82. The summed E-state index contributed by atoms with van der Waals surface area (Å²) in [7, 11) is 0. The largest absolute Gasteiger partial charge is 0.494 e. The first-order valence-corrected chi connectivity index (χ1v) is 10.7. The van der Waals surface area contributed by atoms with Gasteiger partial charge in [-0.25, -0.2) is 0 Å². The molecule has 0 aliphatic carbocycles. The van der Waals surface area contributed by atoms with Crippen molar-refractivity contribution in [2.75, 3.05) is 29.9 Å². The molecule has 1 fully saturated rings. The number of rotatable bonds is 7. The van der Waals surface area contributed by atoms with Gasteiger partial charge < -0.3 is 25.7 Å². The topological polar surface area (TPSA) is 100 Å². The maximum atomic E-state index is 12.5. The lowest BCUT2D eigenvalue weighted by Crippen LogP contribution is -2.38. The van der Waals surface area contributed by atoms with Crippen LogP contribution in [0.1, 0.15) is 25.3 Å². The number of primary amides is 1.